The fraction of sp³-hybridized carbons (Fsp3) is 0.118. The molecule has 1 aliphatic rings. The lowest BCUT2D eigenvalue weighted by atomic mass is 10.1. The minimum atomic E-state index is 0.241. The van der Waals surface area contributed by atoms with Crippen LogP contribution in [0.1, 0.15) is 6.42 Å². The van der Waals surface area contributed by atoms with Crippen molar-refractivity contribution in [3.8, 4) is 0 Å². The summed E-state index contributed by atoms with van der Waals surface area (Å²) >= 11 is 0. The maximum atomic E-state index is 4.66. The molecule has 0 N–H and O–H groups in total. The third-order valence-electron chi connectivity index (χ3n) is 2.88. The maximum Gasteiger partial charge on any atom is 0.0765 e. The lowest BCUT2D eigenvalue weighted by Gasteiger charge is -2.20. The largest absolute Gasteiger partial charge is 0.258 e. The maximum absolute atomic E-state index is 4.66. The Balaban J connectivity index is 2.26. The van der Waals surface area contributed by atoms with Gasteiger partial charge in [-0.3, -0.25) is 5.01 Å². The van der Waals surface area contributed by atoms with Gasteiger partial charge in [-0.05, 0) is 18.2 Å². The SMILES string of the molecule is C=C/C=C/C1=NN(c2ccccc2)C(/C=C/C=C)C1. The molecule has 0 aliphatic carbocycles. The van der Waals surface area contributed by atoms with Gasteiger partial charge in [0.05, 0.1) is 17.4 Å². The topological polar surface area (TPSA) is 15.6 Å². The third-order valence-corrected chi connectivity index (χ3v) is 2.88. The van der Waals surface area contributed by atoms with Gasteiger partial charge < -0.3 is 0 Å². The predicted molar refractivity (Wildman–Crippen MR) is 83.4 cm³/mol. The Morgan fingerprint density at radius 1 is 1.11 bits per heavy atom. The monoisotopic (exact) mass is 250 g/mol. The van der Waals surface area contributed by atoms with Crippen molar-refractivity contribution in [1.82, 2.24) is 0 Å². The molecular weight excluding hydrogens is 232 g/mol. The van der Waals surface area contributed by atoms with E-state index in [1.165, 1.54) is 0 Å². The molecule has 0 bridgehead atoms. The van der Waals surface area contributed by atoms with Gasteiger partial charge in [0, 0.05) is 6.42 Å². The molecule has 1 aliphatic heterocycles. The van der Waals surface area contributed by atoms with Crippen molar-refractivity contribution in [2.24, 2.45) is 5.10 Å². The molecule has 1 aromatic rings. The summed E-state index contributed by atoms with van der Waals surface area (Å²) in [7, 11) is 0. The molecule has 1 unspecified atom stereocenters. The van der Waals surface area contributed by atoms with Crippen LogP contribution in [-0.2, 0) is 0 Å². The number of allylic oxidation sites excluding steroid dienone is 5. The van der Waals surface area contributed by atoms with Gasteiger partial charge >= 0.3 is 0 Å². The van der Waals surface area contributed by atoms with Gasteiger partial charge in [0.25, 0.3) is 0 Å². The van der Waals surface area contributed by atoms with Crippen molar-refractivity contribution in [2.75, 3.05) is 5.01 Å². The first-order chi connectivity index (χ1) is 9.35. The number of nitrogens with zero attached hydrogens (tertiary/aromatic N) is 2. The molecule has 0 radical (unpaired) electrons. The quantitative estimate of drug-likeness (QED) is 0.718. The van der Waals surface area contributed by atoms with Gasteiger partial charge in [0.2, 0.25) is 0 Å². The summed E-state index contributed by atoms with van der Waals surface area (Å²) in [5, 5.41) is 6.70. The Kier molecular flexibility index (Phi) is 4.51. The van der Waals surface area contributed by atoms with E-state index in [0.717, 1.165) is 17.8 Å². The molecule has 0 fully saturated rings. The van der Waals surface area contributed by atoms with Crippen LogP contribution >= 0.6 is 0 Å². The van der Waals surface area contributed by atoms with Crippen LogP contribution in [0.3, 0.4) is 0 Å². The van der Waals surface area contributed by atoms with Crippen LogP contribution in [0, 0.1) is 0 Å². The van der Waals surface area contributed by atoms with Crippen LogP contribution in [0.15, 0.2) is 85.0 Å². The Hall–Kier alpha value is -2.35. The first-order valence-electron chi connectivity index (χ1n) is 6.35. The number of para-hydroxylation sites is 1. The van der Waals surface area contributed by atoms with Gasteiger partial charge in [0.1, 0.15) is 0 Å². The lowest BCUT2D eigenvalue weighted by Crippen LogP contribution is -2.23. The van der Waals surface area contributed by atoms with Gasteiger partial charge in [-0.1, -0.05) is 61.7 Å². The summed E-state index contributed by atoms with van der Waals surface area (Å²) < 4.78 is 0. The Morgan fingerprint density at radius 3 is 2.53 bits per heavy atom. The number of hydrogen-bond acceptors (Lipinski definition) is 2. The second-order valence-corrected chi connectivity index (χ2v) is 4.26. The van der Waals surface area contributed by atoms with E-state index in [1.807, 2.05) is 41.4 Å². The second-order valence-electron chi connectivity index (χ2n) is 4.26. The van der Waals surface area contributed by atoms with Crippen LogP contribution in [0.5, 0.6) is 0 Å². The van der Waals surface area contributed by atoms with Gasteiger partial charge in [0.15, 0.2) is 0 Å². The zero-order valence-corrected chi connectivity index (χ0v) is 10.9. The minimum absolute atomic E-state index is 0.241. The molecular formula is C17H18N2. The summed E-state index contributed by atoms with van der Waals surface area (Å²) in [6.45, 7) is 7.40. The summed E-state index contributed by atoms with van der Waals surface area (Å²) in [4.78, 5) is 0. The van der Waals surface area contributed by atoms with Crippen LogP contribution < -0.4 is 5.01 Å². The van der Waals surface area contributed by atoms with Gasteiger partial charge in [-0.2, -0.15) is 5.10 Å². The fourth-order valence-corrected chi connectivity index (χ4v) is 2.02. The van der Waals surface area contributed by atoms with Crippen LogP contribution in [0.2, 0.25) is 0 Å². The highest BCUT2D eigenvalue weighted by atomic mass is 15.5. The summed E-state index contributed by atoms with van der Waals surface area (Å²) in [6.07, 6.45) is 12.5. The minimum Gasteiger partial charge on any atom is -0.258 e. The summed E-state index contributed by atoms with van der Waals surface area (Å²) in [5.41, 5.74) is 2.16. The highest BCUT2D eigenvalue weighted by Gasteiger charge is 2.23. The normalized spacial score (nSPS) is 19.1. The molecule has 1 atom stereocenters. The van der Waals surface area contributed by atoms with E-state index >= 15 is 0 Å². The molecule has 2 rings (SSSR count). The molecule has 0 spiro atoms. The van der Waals surface area contributed by atoms with Crippen molar-refractivity contribution in [2.45, 2.75) is 12.5 Å². The molecule has 1 aromatic carbocycles. The van der Waals surface area contributed by atoms with E-state index in [-0.39, 0.29) is 6.04 Å². The van der Waals surface area contributed by atoms with Crippen LogP contribution in [-0.4, -0.2) is 11.8 Å². The second kappa shape index (κ2) is 6.55. The molecule has 2 nitrogen and oxygen atoms in total. The fourth-order valence-electron chi connectivity index (χ4n) is 2.02. The highest BCUT2D eigenvalue weighted by Crippen LogP contribution is 2.25. The average Bonchev–Trinajstić information content (AvgIpc) is 2.87. The average molecular weight is 250 g/mol. The Morgan fingerprint density at radius 2 is 1.84 bits per heavy atom. The highest BCUT2D eigenvalue weighted by molar-refractivity contribution is 5.98. The van der Waals surface area contributed by atoms with E-state index in [4.69, 9.17) is 0 Å². The molecule has 0 amide bonds. The molecule has 2 heteroatoms. The van der Waals surface area contributed by atoms with Crippen molar-refractivity contribution in [3.63, 3.8) is 0 Å². The zero-order chi connectivity index (χ0) is 13.5. The van der Waals surface area contributed by atoms with Crippen molar-refractivity contribution in [3.05, 3.63) is 79.9 Å². The number of hydrazone groups is 1. The first-order valence-corrected chi connectivity index (χ1v) is 6.35. The van der Waals surface area contributed by atoms with E-state index in [2.05, 4.69) is 36.5 Å². The van der Waals surface area contributed by atoms with Crippen LogP contribution in [0.4, 0.5) is 5.69 Å². The lowest BCUT2D eigenvalue weighted by molar-refractivity contribution is 0.788. The predicted octanol–water partition coefficient (Wildman–Crippen LogP) is 4.11. The molecule has 0 saturated heterocycles. The number of benzene rings is 1. The molecule has 1 heterocycles. The van der Waals surface area contributed by atoms with Gasteiger partial charge in [-0.25, -0.2) is 0 Å². The summed E-state index contributed by atoms with van der Waals surface area (Å²) in [6, 6.07) is 10.4. The van der Waals surface area contributed by atoms with Gasteiger partial charge in [-0.15, -0.1) is 0 Å². The molecule has 96 valence electrons. The van der Waals surface area contributed by atoms with Crippen LogP contribution in [0.25, 0.3) is 0 Å². The van der Waals surface area contributed by atoms with Crippen molar-refractivity contribution < 1.29 is 0 Å². The first kappa shape index (κ1) is 13.1. The number of anilines is 1. The van der Waals surface area contributed by atoms with E-state index in [9.17, 15) is 0 Å². The Bertz CT molecular complexity index is 523. The van der Waals surface area contributed by atoms with Crippen molar-refractivity contribution in [1.29, 1.82) is 0 Å². The third kappa shape index (κ3) is 3.32. The van der Waals surface area contributed by atoms with Crippen molar-refractivity contribution >= 4 is 11.4 Å². The smallest absolute Gasteiger partial charge is 0.0765 e. The number of rotatable bonds is 5. The zero-order valence-electron chi connectivity index (χ0n) is 10.9. The van der Waals surface area contributed by atoms with E-state index in [0.29, 0.717) is 0 Å². The Labute approximate surface area is 114 Å². The molecule has 19 heavy (non-hydrogen) atoms. The molecule has 0 saturated carbocycles. The molecule has 0 aromatic heterocycles. The van der Waals surface area contributed by atoms with E-state index < -0.39 is 0 Å². The standard InChI is InChI=1S/C17H18N2/c1-3-5-10-15-14-17(11-6-4-2)19(18-15)16-12-8-7-9-13-16/h3-13,17H,1-2,14H2/b10-5+,11-6+. The number of hydrogen-bond donors (Lipinski definition) is 0. The van der Waals surface area contributed by atoms with E-state index in [1.54, 1.807) is 12.2 Å². The summed E-state index contributed by atoms with van der Waals surface area (Å²) in [5.74, 6) is 0.